The van der Waals surface area contributed by atoms with Crippen LogP contribution in [0.2, 0.25) is 0 Å². The summed E-state index contributed by atoms with van der Waals surface area (Å²) in [6.07, 6.45) is 6.06. The van der Waals surface area contributed by atoms with Crippen molar-refractivity contribution < 1.29 is 0 Å². The van der Waals surface area contributed by atoms with Gasteiger partial charge in [0.2, 0.25) is 0 Å². The number of aryl methyl sites for hydroxylation is 2. The lowest BCUT2D eigenvalue weighted by Crippen LogP contribution is -2.59. The maximum Gasteiger partial charge on any atom is 0.0947 e. The van der Waals surface area contributed by atoms with E-state index in [9.17, 15) is 0 Å². The lowest BCUT2D eigenvalue weighted by Gasteiger charge is -2.44. The fourth-order valence-corrected chi connectivity index (χ4v) is 4.76. The number of rotatable bonds is 6. The highest BCUT2D eigenvalue weighted by Crippen LogP contribution is 2.38. The molecule has 20 heavy (non-hydrogen) atoms. The molecule has 1 fully saturated rings. The fraction of sp³-hybridized carbons (Fsp3) is 0.812. The molecule has 0 bridgehead atoms. The average Bonchev–Trinajstić information content (AvgIpc) is 3.00. The topological polar surface area (TPSA) is 42.1 Å². The second kappa shape index (κ2) is 6.54. The van der Waals surface area contributed by atoms with Crippen molar-refractivity contribution >= 4 is 11.3 Å². The van der Waals surface area contributed by atoms with E-state index in [2.05, 4.69) is 37.6 Å². The highest BCUT2D eigenvalue weighted by molar-refractivity contribution is 7.11. The van der Waals surface area contributed by atoms with E-state index < -0.39 is 0 Å². The van der Waals surface area contributed by atoms with Gasteiger partial charge in [0.1, 0.15) is 0 Å². The summed E-state index contributed by atoms with van der Waals surface area (Å²) in [6, 6.07) is 0.204. The Morgan fingerprint density at radius 2 is 1.85 bits per heavy atom. The number of thiazole rings is 1. The predicted octanol–water partition coefficient (Wildman–Crippen LogP) is 3.28. The van der Waals surface area contributed by atoms with E-state index in [1.165, 1.54) is 41.3 Å². The minimum absolute atomic E-state index is 0.204. The molecule has 0 amide bonds. The minimum Gasteiger partial charge on any atom is -0.326 e. The summed E-state index contributed by atoms with van der Waals surface area (Å²) in [5.74, 6) is 0. The van der Waals surface area contributed by atoms with E-state index >= 15 is 0 Å². The molecular formula is C16H29N3S. The van der Waals surface area contributed by atoms with Crippen LogP contribution in [0, 0.1) is 13.8 Å². The van der Waals surface area contributed by atoms with E-state index in [-0.39, 0.29) is 11.6 Å². The zero-order valence-corrected chi connectivity index (χ0v) is 14.2. The van der Waals surface area contributed by atoms with E-state index in [0.717, 1.165) is 19.5 Å². The molecule has 1 aromatic heterocycles. The molecule has 4 heteroatoms. The maximum atomic E-state index is 6.68. The molecule has 0 radical (unpaired) electrons. The van der Waals surface area contributed by atoms with Gasteiger partial charge in [0, 0.05) is 22.9 Å². The summed E-state index contributed by atoms with van der Waals surface area (Å²) in [4.78, 5) is 8.61. The van der Waals surface area contributed by atoms with Gasteiger partial charge >= 0.3 is 0 Å². The monoisotopic (exact) mass is 295 g/mol. The molecular weight excluding hydrogens is 266 g/mol. The molecule has 3 nitrogen and oxygen atoms in total. The number of hydrogen-bond acceptors (Lipinski definition) is 4. The van der Waals surface area contributed by atoms with Crippen molar-refractivity contribution in [1.82, 2.24) is 9.88 Å². The van der Waals surface area contributed by atoms with Crippen LogP contribution < -0.4 is 5.73 Å². The number of aromatic nitrogens is 1. The molecule has 1 aromatic rings. The fourth-order valence-electron chi connectivity index (χ4n) is 3.77. The zero-order valence-electron chi connectivity index (χ0n) is 13.4. The lowest BCUT2D eigenvalue weighted by molar-refractivity contribution is 0.0771. The molecule has 1 unspecified atom stereocenters. The van der Waals surface area contributed by atoms with E-state index in [4.69, 9.17) is 5.73 Å². The van der Waals surface area contributed by atoms with Crippen LogP contribution in [0.1, 0.15) is 55.1 Å². The first kappa shape index (κ1) is 15.9. The molecule has 114 valence electrons. The van der Waals surface area contributed by atoms with Crippen molar-refractivity contribution in [2.24, 2.45) is 5.73 Å². The predicted molar refractivity (Wildman–Crippen MR) is 87.4 cm³/mol. The standard InChI is InChI=1S/C16H29N3S/c1-5-19(6-2)16(9-7-8-10-16)14(17)11-15-18-12(3)13(4)20-15/h14H,5-11,17H2,1-4H3. The largest absolute Gasteiger partial charge is 0.326 e. The van der Waals surface area contributed by atoms with Crippen LogP contribution >= 0.6 is 11.3 Å². The van der Waals surface area contributed by atoms with Gasteiger partial charge in [-0.25, -0.2) is 4.98 Å². The van der Waals surface area contributed by atoms with Crippen molar-refractivity contribution in [3.63, 3.8) is 0 Å². The molecule has 0 aromatic carbocycles. The van der Waals surface area contributed by atoms with Gasteiger partial charge in [-0.05, 0) is 39.8 Å². The third kappa shape index (κ3) is 2.92. The number of hydrogen-bond donors (Lipinski definition) is 1. The molecule has 0 spiro atoms. The Bertz CT molecular complexity index is 411. The zero-order chi connectivity index (χ0) is 14.8. The molecule has 2 N–H and O–H groups in total. The molecule has 1 heterocycles. The van der Waals surface area contributed by atoms with Crippen molar-refractivity contribution in [2.45, 2.75) is 71.4 Å². The highest BCUT2D eigenvalue weighted by Gasteiger charge is 2.43. The molecule has 1 atom stereocenters. The molecule has 2 rings (SSSR count). The summed E-state index contributed by atoms with van der Waals surface area (Å²) in [7, 11) is 0. The second-order valence-corrected chi connectivity index (χ2v) is 7.33. The van der Waals surface area contributed by atoms with Crippen LogP contribution in [0.4, 0.5) is 0 Å². The Morgan fingerprint density at radius 3 is 2.30 bits per heavy atom. The Labute approximate surface area is 127 Å². The molecule has 1 aliphatic carbocycles. The number of nitrogens with zero attached hydrogens (tertiary/aromatic N) is 2. The Morgan fingerprint density at radius 1 is 1.25 bits per heavy atom. The van der Waals surface area contributed by atoms with Crippen LogP contribution in [0.5, 0.6) is 0 Å². The normalized spacial score (nSPS) is 19.7. The Hall–Kier alpha value is -0.450. The maximum absolute atomic E-state index is 6.68. The number of likely N-dealkylation sites (N-methyl/N-ethyl adjacent to an activating group) is 1. The van der Waals surface area contributed by atoms with E-state index in [1.54, 1.807) is 0 Å². The lowest BCUT2D eigenvalue weighted by atomic mass is 9.84. The van der Waals surface area contributed by atoms with Crippen molar-refractivity contribution in [2.75, 3.05) is 13.1 Å². The van der Waals surface area contributed by atoms with Crippen LogP contribution in [0.3, 0.4) is 0 Å². The third-order valence-corrected chi connectivity index (χ3v) is 6.12. The van der Waals surface area contributed by atoms with Gasteiger partial charge in [-0.1, -0.05) is 26.7 Å². The first-order valence-electron chi connectivity index (χ1n) is 7.97. The SMILES string of the molecule is CCN(CC)C1(C(N)Cc2nc(C)c(C)s2)CCCC1. The molecule has 0 aliphatic heterocycles. The molecule has 0 saturated heterocycles. The van der Waals surface area contributed by atoms with Gasteiger partial charge < -0.3 is 5.73 Å². The second-order valence-electron chi connectivity index (χ2n) is 6.04. The van der Waals surface area contributed by atoms with Gasteiger partial charge in [-0.15, -0.1) is 11.3 Å². The molecule has 1 aliphatic rings. The molecule has 1 saturated carbocycles. The Balaban J connectivity index is 2.16. The van der Waals surface area contributed by atoms with E-state index in [1.807, 2.05) is 11.3 Å². The van der Waals surface area contributed by atoms with Gasteiger partial charge in [-0.2, -0.15) is 0 Å². The van der Waals surface area contributed by atoms with Crippen LogP contribution in [0.15, 0.2) is 0 Å². The van der Waals surface area contributed by atoms with Crippen LogP contribution in [0.25, 0.3) is 0 Å². The van der Waals surface area contributed by atoms with Gasteiger partial charge in [-0.3, -0.25) is 4.90 Å². The van der Waals surface area contributed by atoms with Crippen molar-refractivity contribution in [1.29, 1.82) is 0 Å². The minimum atomic E-state index is 0.204. The Kier molecular flexibility index (Phi) is 5.21. The van der Waals surface area contributed by atoms with Gasteiger partial charge in [0.05, 0.1) is 10.7 Å². The van der Waals surface area contributed by atoms with Crippen molar-refractivity contribution in [3.05, 3.63) is 15.6 Å². The first-order chi connectivity index (χ1) is 9.53. The van der Waals surface area contributed by atoms with Crippen LogP contribution in [-0.2, 0) is 6.42 Å². The summed E-state index contributed by atoms with van der Waals surface area (Å²) in [6.45, 7) is 11.0. The summed E-state index contributed by atoms with van der Waals surface area (Å²) in [5, 5.41) is 1.21. The summed E-state index contributed by atoms with van der Waals surface area (Å²) < 4.78 is 0. The summed E-state index contributed by atoms with van der Waals surface area (Å²) in [5.41, 5.74) is 8.05. The van der Waals surface area contributed by atoms with Crippen molar-refractivity contribution in [3.8, 4) is 0 Å². The highest BCUT2D eigenvalue weighted by atomic mass is 32.1. The quantitative estimate of drug-likeness (QED) is 0.875. The van der Waals surface area contributed by atoms with Gasteiger partial charge in [0.25, 0.3) is 0 Å². The third-order valence-electron chi connectivity index (χ3n) is 5.02. The van der Waals surface area contributed by atoms with E-state index in [0.29, 0.717) is 0 Å². The smallest absolute Gasteiger partial charge is 0.0947 e. The van der Waals surface area contributed by atoms with Gasteiger partial charge in [0.15, 0.2) is 0 Å². The average molecular weight is 295 g/mol. The first-order valence-corrected chi connectivity index (χ1v) is 8.78. The number of nitrogens with two attached hydrogens (primary N) is 1. The summed E-state index contributed by atoms with van der Waals surface area (Å²) >= 11 is 1.82. The van der Waals surface area contributed by atoms with Crippen LogP contribution in [-0.4, -0.2) is 34.6 Å².